The number of hydrogen-bond acceptors (Lipinski definition) is 5. The van der Waals surface area contributed by atoms with Gasteiger partial charge in [0.05, 0.1) is 0 Å². The molecule has 2 aromatic carbocycles. The first-order valence-electron chi connectivity index (χ1n) is 10.3. The molecule has 0 spiro atoms. The molecule has 4 rings (SSSR count). The second-order valence-corrected chi connectivity index (χ2v) is 8.62. The summed E-state index contributed by atoms with van der Waals surface area (Å²) in [7, 11) is 0. The Kier molecular flexibility index (Phi) is 5.99. The van der Waals surface area contributed by atoms with Crippen molar-refractivity contribution in [1.82, 2.24) is 14.3 Å². The Balaban J connectivity index is 1.36. The Morgan fingerprint density at radius 2 is 1.90 bits per heavy atom. The Morgan fingerprint density at radius 1 is 1.13 bits per heavy atom. The van der Waals surface area contributed by atoms with Crippen LogP contribution in [-0.2, 0) is 6.42 Å². The molecule has 7 heteroatoms. The largest absolute Gasteiger partial charge is 0.343 e. The smallest absolute Gasteiger partial charge is 0.322 e. The van der Waals surface area contributed by atoms with Crippen molar-refractivity contribution in [3.8, 4) is 0 Å². The highest BCUT2D eigenvalue weighted by Gasteiger charge is 2.29. The van der Waals surface area contributed by atoms with E-state index in [0.717, 1.165) is 41.7 Å². The zero-order valence-electron chi connectivity index (χ0n) is 17.6. The van der Waals surface area contributed by atoms with Gasteiger partial charge < -0.3 is 15.1 Å². The van der Waals surface area contributed by atoms with E-state index in [1.165, 1.54) is 22.7 Å². The number of para-hydroxylation sites is 1. The summed E-state index contributed by atoms with van der Waals surface area (Å²) in [5, 5.41) is 3.98. The van der Waals surface area contributed by atoms with Gasteiger partial charge in [0.15, 0.2) is 0 Å². The molecule has 6 nitrogen and oxygen atoms in total. The van der Waals surface area contributed by atoms with Gasteiger partial charge in [0.1, 0.15) is 5.82 Å². The van der Waals surface area contributed by atoms with Gasteiger partial charge in [-0.05, 0) is 38.0 Å². The zero-order chi connectivity index (χ0) is 21.1. The molecule has 1 aromatic heterocycles. The summed E-state index contributed by atoms with van der Waals surface area (Å²) in [4.78, 5) is 21.7. The van der Waals surface area contributed by atoms with Crippen LogP contribution in [0.1, 0.15) is 29.4 Å². The molecule has 0 aliphatic carbocycles. The Labute approximate surface area is 181 Å². The van der Waals surface area contributed by atoms with E-state index >= 15 is 0 Å². The number of rotatable bonds is 4. The van der Waals surface area contributed by atoms with Gasteiger partial charge in [-0.1, -0.05) is 48.0 Å². The van der Waals surface area contributed by atoms with Crippen LogP contribution < -0.4 is 10.2 Å². The number of carbonyl (C=O) groups excluding carboxylic acids is 1. The molecule has 1 atom stereocenters. The maximum Gasteiger partial charge on any atom is 0.322 e. The third-order valence-corrected chi connectivity index (χ3v) is 6.30. The number of anilines is 2. The number of urea groups is 1. The fourth-order valence-corrected chi connectivity index (χ4v) is 4.39. The minimum absolute atomic E-state index is 0.0474. The number of nitrogens with one attached hydrogen (secondary N) is 1. The number of piperazine rings is 1. The highest BCUT2D eigenvalue weighted by Crippen LogP contribution is 2.23. The van der Waals surface area contributed by atoms with Gasteiger partial charge in [-0.15, -0.1) is 0 Å². The number of amides is 2. The fraction of sp³-hybridized carbons (Fsp3) is 0.348. The van der Waals surface area contributed by atoms with Gasteiger partial charge in [-0.3, -0.25) is 0 Å². The van der Waals surface area contributed by atoms with Gasteiger partial charge in [0.25, 0.3) is 0 Å². The molecule has 156 valence electrons. The second kappa shape index (κ2) is 8.83. The van der Waals surface area contributed by atoms with Gasteiger partial charge in [-0.2, -0.15) is 4.37 Å². The van der Waals surface area contributed by atoms with Crippen molar-refractivity contribution in [3.63, 3.8) is 0 Å². The van der Waals surface area contributed by atoms with Gasteiger partial charge >= 0.3 is 6.03 Å². The molecule has 2 amide bonds. The highest BCUT2D eigenvalue weighted by atomic mass is 32.1. The molecule has 0 radical (unpaired) electrons. The van der Waals surface area contributed by atoms with Gasteiger partial charge in [0.2, 0.25) is 5.13 Å². The first-order chi connectivity index (χ1) is 14.5. The van der Waals surface area contributed by atoms with E-state index in [9.17, 15) is 4.79 Å². The first-order valence-corrected chi connectivity index (χ1v) is 11.0. The lowest BCUT2D eigenvalue weighted by Gasteiger charge is -2.39. The second-order valence-electron chi connectivity index (χ2n) is 7.89. The first kappa shape index (κ1) is 20.3. The van der Waals surface area contributed by atoms with E-state index in [0.29, 0.717) is 6.54 Å². The van der Waals surface area contributed by atoms with Crippen molar-refractivity contribution in [2.24, 2.45) is 0 Å². The number of hydrogen-bond donors (Lipinski definition) is 1. The predicted molar refractivity (Wildman–Crippen MR) is 122 cm³/mol. The number of benzene rings is 2. The summed E-state index contributed by atoms with van der Waals surface area (Å²) in [5.74, 6) is 0.853. The average molecular weight is 422 g/mol. The van der Waals surface area contributed by atoms with Crippen LogP contribution in [0, 0.1) is 13.8 Å². The third-order valence-electron chi connectivity index (χ3n) is 5.49. The Morgan fingerprint density at radius 3 is 2.63 bits per heavy atom. The van der Waals surface area contributed by atoms with E-state index in [2.05, 4.69) is 52.7 Å². The molecule has 0 saturated carbocycles. The predicted octanol–water partition coefficient (Wildman–Crippen LogP) is 4.49. The SMILES string of the molecule is Cc1ccc(Cc2nsc(N3CCN(C(=O)Nc4ccccc4C)[C@@H](C)C3)n2)cc1. The monoisotopic (exact) mass is 421 g/mol. The van der Waals surface area contributed by atoms with E-state index in [1.807, 2.05) is 36.1 Å². The van der Waals surface area contributed by atoms with Crippen molar-refractivity contribution in [3.05, 3.63) is 71.0 Å². The van der Waals surface area contributed by atoms with Crippen LogP contribution in [0.4, 0.5) is 15.6 Å². The molecule has 0 unspecified atom stereocenters. The van der Waals surface area contributed by atoms with E-state index in [4.69, 9.17) is 4.98 Å². The van der Waals surface area contributed by atoms with Crippen LogP contribution in [0.25, 0.3) is 0 Å². The lowest BCUT2D eigenvalue weighted by Crippen LogP contribution is -2.55. The highest BCUT2D eigenvalue weighted by molar-refractivity contribution is 7.09. The van der Waals surface area contributed by atoms with E-state index < -0.39 is 0 Å². The molecule has 1 fully saturated rings. The molecule has 1 aliphatic heterocycles. The lowest BCUT2D eigenvalue weighted by molar-refractivity contribution is 0.185. The maximum absolute atomic E-state index is 12.8. The third kappa shape index (κ3) is 4.62. The number of carbonyl (C=O) groups is 1. The summed E-state index contributed by atoms with van der Waals surface area (Å²) in [6, 6.07) is 16.4. The van der Waals surface area contributed by atoms with Crippen molar-refractivity contribution < 1.29 is 4.79 Å². The summed E-state index contributed by atoms with van der Waals surface area (Å²) >= 11 is 1.44. The summed E-state index contributed by atoms with van der Waals surface area (Å²) in [6.45, 7) is 8.33. The number of aryl methyl sites for hydroxylation is 2. The van der Waals surface area contributed by atoms with Crippen molar-refractivity contribution >= 4 is 28.4 Å². The lowest BCUT2D eigenvalue weighted by atomic mass is 10.1. The van der Waals surface area contributed by atoms with Crippen LogP contribution in [0.15, 0.2) is 48.5 Å². The maximum atomic E-state index is 12.8. The minimum Gasteiger partial charge on any atom is -0.343 e. The van der Waals surface area contributed by atoms with Gasteiger partial charge in [-0.25, -0.2) is 9.78 Å². The van der Waals surface area contributed by atoms with E-state index in [1.54, 1.807) is 0 Å². The van der Waals surface area contributed by atoms with Crippen molar-refractivity contribution in [2.75, 3.05) is 29.9 Å². The van der Waals surface area contributed by atoms with E-state index in [-0.39, 0.29) is 12.1 Å². The van der Waals surface area contributed by atoms with Crippen LogP contribution >= 0.6 is 11.5 Å². The molecule has 30 heavy (non-hydrogen) atoms. The topological polar surface area (TPSA) is 61.4 Å². The Hall–Kier alpha value is -2.93. The molecular weight excluding hydrogens is 394 g/mol. The standard InChI is InChI=1S/C23H27N5OS/c1-16-8-10-19(11-9-16)14-21-25-23(30-26-21)27-12-13-28(18(3)15-27)22(29)24-20-7-5-4-6-17(20)2/h4-11,18H,12-15H2,1-3H3,(H,24,29)/t18-/m0/s1. The molecule has 1 aliphatic rings. The molecule has 2 heterocycles. The van der Waals surface area contributed by atoms with Crippen LogP contribution in [-0.4, -0.2) is 46.0 Å². The molecule has 3 aromatic rings. The summed E-state index contributed by atoms with van der Waals surface area (Å²) < 4.78 is 4.55. The van der Waals surface area contributed by atoms with Crippen LogP contribution in [0.2, 0.25) is 0 Å². The van der Waals surface area contributed by atoms with Crippen molar-refractivity contribution in [2.45, 2.75) is 33.2 Å². The minimum atomic E-state index is -0.0474. The van der Waals surface area contributed by atoms with Crippen LogP contribution in [0.3, 0.4) is 0 Å². The van der Waals surface area contributed by atoms with Gasteiger partial charge in [0, 0.05) is 49.3 Å². The molecular formula is C23H27N5OS. The molecule has 0 bridgehead atoms. The normalized spacial score (nSPS) is 16.6. The molecule has 1 N–H and O–H groups in total. The quantitative estimate of drug-likeness (QED) is 0.674. The average Bonchev–Trinajstić information content (AvgIpc) is 3.20. The number of aromatic nitrogens is 2. The summed E-state index contributed by atoms with van der Waals surface area (Å²) in [5.41, 5.74) is 4.40. The zero-order valence-corrected chi connectivity index (χ0v) is 18.4. The fourth-order valence-electron chi connectivity index (χ4n) is 3.67. The Bertz CT molecular complexity index is 1020. The summed E-state index contributed by atoms with van der Waals surface area (Å²) in [6.07, 6.45) is 0.741. The number of nitrogens with zero attached hydrogens (tertiary/aromatic N) is 4. The van der Waals surface area contributed by atoms with Crippen molar-refractivity contribution in [1.29, 1.82) is 0 Å². The van der Waals surface area contributed by atoms with Crippen LogP contribution in [0.5, 0.6) is 0 Å². The molecule has 1 saturated heterocycles.